The summed E-state index contributed by atoms with van der Waals surface area (Å²) >= 11 is 0. The maximum absolute atomic E-state index is 9.67. The number of fused-ring (bicyclic) bond motifs is 5. The number of hydrogen-bond acceptors (Lipinski definition) is 1. The Labute approximate surface area is 115 Å². The number of phenolic OH excluding ortho intramolecular Hbond substituents is 1. The smallest absolute Gasteiger partial charge is 0.115 e. The van der Waals surface area contributed by atoms with Gasteiger partial charge in [-0.2, -0.15) is 0 Å². The van der Waals surface area contributed by atoms with Gasteiger partial charge < -0.3 is 5.11 Å². The largest absolute Gasteiger partial charge is 0.508 e. The van der Waals surface area contributed by atoms with Gasteiger partial charge in [-0.3, -0.25) is 0 Å². The second-order valence-corrected chi connectivity index (χ2v) is 6.98. The van der Waals surface area contributed by atoms with Crippen LogP contribution in [0.25, 0.3) is 0 Å². The number of aromatic hydroxyl groups is 1. The lowest BCUT2D eigenvalue weighted by molar-refractivity contribution is 0.0826. The third kappa shape index (κ3) is 1.60. The lowest BCUT2D eigenvalue weighted by Crippen LogP contribution is -2.39. The molecule has 0 aromatic heterocycles. The van der Waals surface area contributed by atoms with E-state index in [9.17, 15) is 5.11 Å². The van der Waals surface area contributed by atoms with E-state index >= 15 is 0 Å². The molecule has 0 spiro atoms. The fourth-order valence-electron chi connectivity index (χ4n) is 5.05. The summed E-state index contributed by atoms with van der Waals surface area (Å²) in [5.41, 5.74) is 3.40. The van der Waals surface area contributed by atoms with Crippen LogP contribution >= 0.6 is 0 Å². The van der Waals surface area contributed by atoms with Gasteiger partial charge in [-0.15, -0.1) is 0 Å². The lowest BCUT2D eigenvalue weighted by Gasteiger charge is -2.49. The highest BCUT2D eigenvalue weighted by Crippen LogP contribution is 2.58. The number of phenols is 1. The Kier molecular flexibility index (Phi) is 2.36. The summed E-state index contributed by atoms with van der Waals surface area (Å²) in [6.45, 7) is 2.46. The van der Waals surface area contributed by atoms with E-state index in [1.54, 1.807) is 0 Å². The molecule has 3 aliphatic carbocycles. The quantitative estimate of drug-likeness (QED) is 0.680. The van der Waals surface area contributed by atoms with Crippen LogP contribution in [0.5, 0.6) is 5.75 Å². The van der Waals surface area contributed by atoms with Crippen molar-refractivity contribution in [2.75, 3.05) is 0 Å². The van der Waals surface area contributed by atoms with Crippen LogP contribution in [0.15, 0.2) is 30.4 Å². The molecule has 0 unspecified atom stereocenters. The first-order chi connectivity index (χ1) is 9.17. The lowest BCUT2D eigenvalue weighted by atomic mass is 9.56. The van der Waals surface area contributed by atoms with Gasteiger partial charge in [0.25, 0.3) is 0 Å². The monoisotopic (exact) mass is 254 g/mol. The maximum Gasteiger partial charge on any atom is 0.115 e. The molecule has 0 radical (unpaired) electrons. The molecule has 0 amide bonds. The van der Waals surface area contributed by atoms with E-state index in [4.69, 9.17) is 0 Å². The Morgan fingerprint density at radius 2 is 2.16 bits per heavy atom. The maximum atomic E-state index is 9.67. The van der Waals surface area contributed by atoms with Crippen LogP contribution < -0.4 is 0 Å². The number of benzene rings is 1. The number of allylic oxidation sites excluding steroid dienone is 2. The first kappa shape index (κ1) is 11.6. The summed E-state index contributed by atoms with van der Waals surface area (Å²) in [6.07, 6.45) is 11.3. The highest BCUT2D eigenvalue weighted by Gasteiger charge is 2.48. The Hall–Kier alpha value is -1.24. The molecule has 4 atom stereocenters. The second kappa shape index (κ2) is 3.88. The summed E-state index contributed by atoms with van der Waals surface area (Å²) in [6, 6.07) is 6.06. The number of rotatable bonds is 0. The molecule has 1 nitrogen and oxygen atoms in total. The van der Waals surface area contributed by atoms with Crippen LogP contribution in [0.4, 0.5) is 0 Å². The van der Waals surface area contributed by atoms with E-state index in [-0.39, 0.29) is 0 Å². The van der Waals surface area contributed by atoms with Gasteiger partial charge in [0.2, 0.25) is 0 Å². The van der Waals surface area contributed by atoms with Gasteiger partial charge in [0.05, 0.1) is 0 Å². The van der Waals surface area contributed by atoms with Crippen molar-refractivity contribution in [1.29, 1.82) is 0 Å². The summed E-state index contributed by atoms with van der Waals surface area (Å²) in [5, 5.41) is 9.67. The second-order valence-electron chi connectivity index (χ2n) is 6.98. The summed E-state index contributed by atoms with van der Waals surface area (Å²) in [4.78, 5) is 0. The highest BCUT2D eigenvalue weighted by atomic mass is 16.3. The average Bonchev–Trinajstić information content (AvgIpc) is 2.79. The number of aryl methyl sites for hydroxylation is 1. The third-order valence-corrected chi connectivity index (χ3v) is 6.04. The van der Waals surface area contributed by atoms with Crippen molar-refractivity contribution in [2.45, 2.75) is 44.9 Å². The van der Waals surface area contributed by atoms with Crippen molar-refractivity contribution in [1.82, 2.24) is 0 Å². The SMILES string of the molecule is C[C@@]12C=CC[C@@H]1[C@@H]1CCc3cc(O)ccc3[C@@H]1CC2. The zero-order chi connectivity index (χ0) is 13.0. The van der Waals surface area contributed by atoms with Crippen LogP contribution in [-0.2, 0) is 6.42 Å². The van der Waals surface area contributed by atoms with Gasteiger partial charge in [0.1, 0.15) is 5.75 Å². The van der Waals surface area contributed by atoms with Crippen LogP contribution in [0.1, 0.15) is 49.7 Å². The molecule has 4 rings (SSSR count). The summed E-state index contributed by atoms with van der Waals surface area (Å²) in [5.74, 6) is 2.88. The molecule has 1 aromatic rings. The zero-order valence-electron chi connectivity index (χ0n) is 11.6. The highest BCUT2D eigenvalue weighted by molar-refractivity contribution is 5.40. The normalized spacial score (nSPS) is 39.5. The molecule has 19 heavy (non-hydrogen) atoms. The van der Waals surface area contributed by atoms with Gasteiger partial charge in [-0.25, -0.2) is 0 Å². The van der Waals surface area contributed by atoms with Crippen molar-refractivity contribution in [3.63, 3.8) is 0 Å². The molecule has 0 heterocycles. The molecule has 1 saturated carbocycles. The topological polar surface area (TPSA) is 20.2 Å². The molecular formula is C18H22O. The van der Waals surface area contributed by atoms with Gasteiger partial charge in [-0.1, -0.05) is 25.1 Å². The molecule has 100 valence electrons. The van der Waals surface area contributed by atoms with Crippen LogP contribution in [0.3, 0.4) is 0 Å². The minimum absolute atomic E-state index is 0.431. The first-order valence-corrected chi connectivity index (χ1v) is 7.67. The molecule has 0 bridgehead atoms. The zero-order valence-corrected chi connectivity index (χ0v) is 11.6. The van der Waals surface area contributed by atoms with Gasteiger partial charge in [0.15, 0.2) is 0 Å². The van der Waals surface area contributed by atoms with Crippen LogP contribution in [0.2, 0.25) is 0 Å². The molecule has 0 aliphatic heterocycles. The standard InChI is InChI=1S/C18H22O/c1-18-9-2-3-17(18)16-6-4-12-11-13(19)5-7-14(12)15(16)8-10-18/h2,5,7,9,11,15-17,19H,3-4,6,8,10H2,1H3/t15-,16+,17+,18-/m0/s1. The van der Waals surface area contributed by atoms with Crippen molar-refractivity contribution < 1.29 is 5.11 Å². The van der Waals surface area contributed by atoms with Crippen molar-refractivity contribution in [2.24, 2.45) is 17.3 Å². The van der Waals surface area contributed by atoms with Gasteiger partial charge >= 0.3 is 0 Å². The van der Waals surface area contributed by atoms with Crippen molar-refractivity contribution >= 4 is 0 Å². The van der Waals surface area contributed by atoms with Gasteiger partial charge in [0, 0.05) is 0 Å². The molecule has 0 saturated heterocycles. The minimum atomic E-state index is 0.431. The number of hydrogen-bond donors (Lipinski definition) is 1. The molecule has 1 N–H and O–H groups in total. The molecule has 1 fully saturated rings. The average molecular weight is 254 g/mol. The predicted molar refractivity (Wildman–Crippen MR) is 77.2 cm³/mol. The summed E-state index contributed by atoms with van der Waals surface area (Å²) in [7, 11) is 0. The van der Waals surface area contributed by atoms with Crippen molar-refractivity contribution in [3.05, 3.63) is 41.5 Å². The minimum Gasteiger partial charge on any atom is -0.508 e. The van der Waals surface area contributed by atoms with Gasteiger partial charge in [-0.05, 0) is 78.5 Å². The fourth-order valence-corrected chi connectivity index (χ4v) is 5.05. The Morgan fingerprint density at radius 1 is 1.26 bits per heavy atom. The first-order valence-electron chi connectivity index (χ1n) is 7.67. The van der Waals surface area contributed by atoms with Crippen molar-refractivity contribution in [3.8, 4) is 5.75 Å². The molecule has 1 aromatic carbocycles. The molecule has 3 aliphatic rings. The van der Waals surface area contributed by atoms with E-state index in [0.29, 0.717) is 11.2 Å². The molecular weight excluding hydrogens is 232 g/mol. The van der Waals surface area contributed by atoms with E-state index in [1.807, 2.05) is 12.1 Å². The van der Waals surface area contributed by atoms with E-state index < -0.39 is 0 Å². The fraction of sp³-hybridized carbons (Fsp3) is 0.556. The van der Waals surface area contributed by atoms with E-state index in [0.717, 1.165) is 24.2 Å². The Bertz CT molecular complexity index is 545. The predicted octanol–water partition coefficient (Wildman–Crippen LogP) is 4.41. The van der Waals surface area contributed by atoms with E-state index in [2.05, 4.69) is 25.1 Å². The Balaban J connectivity index is 1.73. The van der Waals surface area contributed by atoms with Crippen LogP contribution in [0, 0.1) is 17.3 Å². The molecule has 1 heteroatoms. The summed E-state index contributed by atoms with van der Waals surface area (Å²) < 4.78 is 0. The van der Waals surface area contributed by atoms with E-state index in [1.165, 1.54) is 36.8 Å². The third-order valence-electron chi connectivity index (χ3n) is 6.04. The van der Waals surface area contributed by atoms with Crippen LogP contribution in [-0.4, -0.2) is 5.11 Å². The Morgan fingerprint density at radius 3 is 3.05 bits per heavy atom.